The van der Waals surface area contributed by atoms with Gasteiger partial charge >= 0.3 is 0 Å². The largest absolute Gasteiger partial charge is 0.358 e. The Bertz CT molecular complexity index is 604. The number of thiocarbonyl (C=S) groups is 1. The minimum atomic E-state index is 0.783. The molecule has 2 aromatic carbocycles. The molecule has 0 amide bonds. The Hall–Kier alpha value is -1.87. The average molecular weight is 324 g/mol. The minimum Gasteiger partial charge on any atom is -0.358 e. The van der Waals surface area contributed by atoms with Crippen LogP contribution in [0.1, 0.15) is 24.0 Å². The maximum Gasteiger partial charge on any atom is 0.169 e. The fraction of sp³-hybridized carbons (Fsp3) is 0.350. The predicted octanol–water partition coefficient (Wildman–Crippen LogP) is 4.02. The second-order valence-corrected chi connectivity index (χ2v) is 6.65. The SMILES string of the molecule is S=C(NCc1ccccc1)N1CCC(Cc2ccccc2)CC1. The van der Waals surface area contributed by atoms with Gasteiger partial charge in [-0.3, -0.25) is 0 Å². The molecule has 3 rings (SSSR count). The molecule has 1 saturated heterocycles. The van der Waals surface area contributed by atoms with E-state index in [1.165, 1.54) is 30.4 Å². The molecule has 1 N–H and O–H groups in total. The summed E-state index contributed by atoms with van der Waals surface area (Å²) in [4.78, 5) is 2.32. The number of hydrogen-bond acceptors (Lipinski definition) is 1. The molecule has 3 heteroatoms. The average Bonchev–Trinajstić information content (AvgIpc) is 2.62. The molecule has 0 saturated carbocycles. The molecule has 2 aromatic rings. The molecule has 2 nitrogen and oxygen atoms in total. The third-order valence-electron chi connectivity index (χ3n) is 4.56. The zero-order valence-electron chi connectivity index (χ0n) is 13.4. The number of nitrogens with zero attached hydrogens (tertiary/aromatic N) is 1. The Morgan fingerprint density at radius 2 is 1.48 bits per heavy atom. The van der Waals surface area contributed by atoms with E-state index in [9.17, 15) is 0 Å². The molecular formula is C20H24N2S. The van der Waals surface area contributed by atoms with Crippen LogP contribution >= 0.6 is 12.2 Å². The van der Waals surface area contributed by atoms with Gasteiger partial charge in [0.15, 0.2) is 5.11 Å². The van der Waals surface area contributed by atoms with Gasteiger partial charge in [0.2, 0.25) is 0 Å². The van der Waals surface area contributed by atoms with Crippen LogP contribution in [0, 0.1) is 5.92 Å². The van der Waals surface area contributed by atoms with Crippen LogP contribution in [0.25, 0.3) is 0 Å². The van der Waals surface area contributed by atoms with Gasteiger partial charge < -0.3 is 10.2 Å². The quantitative estimate of drug-likeness (QED) is 0.855. The highest BCUT2D eigenvalue weighted by Crippen LogP contribution is 2.21. The van der Waals surface area contributed by atoms with Gasteiger partial charge in [0.1, 0.15) is 0 Å². The maximum atomic E-state index is 5.56. The number of nitrogens with one attached hydrogen (secondary N) is 1. The van der Waals surface area contributed by atoms with Crippen LogP contribution in [0.15, 0.2) is 60.7 Å². The van der Waals surface area contributed by atoms with Crippen molar-refractivity contribution in [3.63, 3.8) is 0 Å². The topological polar surface area (TPSA) is 15.3 Å². The molecule has 0 aliphatic carbocycles. The Balaban J connectivity index is 1.42. The Morgan fingerprint density at radius 1 is 0.913 bits per heavy atom. The zero-order chi connectivity index (χ0) is 15.9. The fourth-order valence-electron chi connectivity index (χ4n) is 3.17. The summed E-state index contributed by atoms with van der Waals surface area (Å²) in [5.74, 6) is 0.783. The van der Waals surface area contributed by atoms with E-state index >= 15 is 0 Å². The molecule has 0 bridgehead atoms. The molecule has 0 radical (unpaired) electrons. The highest BCUT2D eigenvalue weighted by Gasteiger charge is 2.20. The molecule has 1 heterocycles. The lowest BCUT2D eigenvalue weighted by Crippen LogP contribution is -2.44. The summed E-state index contributed by atoms with van der Waals surface area (Å²) in [6.45, 7) is 2.94. The van der Waals surface area contributed by atoms with Crippen molar-refractivity contribution >= 4 is 17.3 Å². The van der Waals surface area contributed by atoms with Gasteiger partial charge in [-0.25, -0.2) is 0 Å². The number of likely N-dealkylation sites (tertiary alicyclic amines) is 1. The molecule has 0 aromatic heterocycles. The van der Waals surface area contributed by atoms with E-state index in [0.717, 1.165) is 30.7 Å². The van der Waals surface area contributed by atoms with Crippen LogP contribution in [0.2, 0.25) is 0 Å². The Kier molecular flexibility index (Phi) is 5.65. The zero-order valence-corrected chi connectivity index (χ0v) is 14.3. The number of benzene rings is 2. The van der Waals surface area contributed by atoms with Gasteiger partial charge in [-0.1, -0.05) is 60.7 Å². The summed E-state index contributed by atoms with van der Waals surface area (Å²) < 4.78 is 0. The van der Waals surface area contributed by atoms with E-state index in [1.54, 1.807) is 0 Å². The second kappa shape index (κ2) is 8.11. The van der Waals surface area contributed by atoms with Crippen molar-refractivity contribution in [2.75, 3.05) is 13.1 Å². The number of piperidine rings is 1. The van der Waals surface area contributed by atoms with Crippen LogP contribution in [0.5, 0.6) is 0 Å². The van der Waals surface area contributed by atoms with Crippen LogP contribution in [-0.2, 0) is 13.0 Å². The summed E-state index contributed by atoms with van der Waals surface area (Å²) in [6.07, 6.45) is 3.64. The molecule has 120 valence electrons. The van der Waals surface area contributed by atoms with Gasteiger partial charge in [-0.05, 0) is 48.5 Å². The molecule has 1 aliphatic rings. The van der Waals surface area contributed by atoms with E-state index < -0.39 is 0 Å². The highest BCUT2D eigenvalue weighted by molar-refractivity contribution is 7.80. The number of hydrogen-bond donors (Lipinski definition) is 1. The lowest BCUT2D eigenvalue weighted by atomic mass is 9.90. The molecule has 0 spiro atoms. The minimum absolute atomic E-state index is 0.783. The fourth-order valence-corrected chi connectivity index (χ4v) is 3.43. The lowest BCUT2D eigenvalue weighted by Gasteiger charge is -2.34. The van der Waals surface area contributed by atoms with E-state index in [1.807, 2.05) is 6.07 Å². The summed E-state index contributed by atoms with van der Waals surface area (Å²) in [5.41, 5.74) is 2.73. The van der Waals surface area contributed by atoms with Crippen molar-refractivity contribution in [2.45, 2.75) is 25.8 Å². The first-order chi connectivity index (χ1) is 11.3. The Morgan fingerprint density at radius 3 is 2.09 bits per heavy atom. The van der Waals surface area contributed by atoms with Gasteiger partial charge in [0.05, 0.1) is 0 Å². The van der Waals surface area contributed by atoms with E-state index in [2.05, 4.69) is 64.8 Å². The monoisotopic (exact) mass is 324 g/mol. The summed E-state index contributed by atoms with van der Waals surface area (Å²) in [6, 6.07) is 21.2. The van der Waals surface area contributed by atoms with Crippen LogP contribution < -0.4 is 5.32 Å². The van der Waals surface area contributed by atoms with E-state index in [-0.39, 0.29) is 0 Å². The van der Waals surface area contributed by atoms with Crippen molar-refractivity contribution in [1.29, 1.82) is 0 Å². The third-order valence-corrected chi connectivity index (χ3v) is 4.96. The van der Waals surface area contributed by atoms with Crippen molar-refractivity contribution in [3.05, 3.63) is 71.8 Å². The second-order valence-electron chi connectivity index (χ2n) is 6.26. The molecule has 1 fully saturated rings. The maximum absolute atomic E-state index is 5.56. The van der Waals surface area contributed by atoms with E-state index in [4.69, 9.17) is 12.2 Å². The first kappa shape index (κ1) is 16.0. The predicted molar refractivity (Wildman–Crippen MR) is 100 cm³/mol. The van der Waals surface area contributed by atoms with Gasteiger partial charge in [0.25, 0.3) is 0 Å². The van der Waals surface area contributed by atoms with Crippen molar-refractivity contribution in [3.8, 4) is 0 Å². The first-order valence-electron chi connectivity index (χ1n) is 8.42. The highest BCUT2D eigenvalue weighted by atomic mass is 32.1. The summed E-state index contributed by atoms with van der Waals surface area (Å²) in [5, 5.41) is 4.29. The smallest absolute Gasteiger partial charge is 0.169 e. The normalized spacial score (nSPS) is 15.4. The van der Waals surface area contributed by atoms with Crippen LogP contribution in [0.3, 0.4) is 0 Å². The van der Waals surface area contributed by atoms with E-state index in [0.29, 0.717) is 0 Å². The standard InChI is InChI=1S/C20H24N2S/c23-20(21-16-19-9-5-2-6-10-19)22-13-11-18(12-14-22)15-17-7-3-1-4-8-17/h1-10,18H,11-16H2,(H,21,23). The summed E-state index contributed by atoms with van der Waals surface area (Å²) >= 11 is 5.56. The van der Waals surface area contributed by atoms with Crippen LogP contribution in [-0.4, -0.2) is 23.1 Å². The lowest BCUT2D eigenvalue weighted by molar-refractivity contribution is 0.263. The van der Waals surface area contributed by atoms with Gasteiger partial charge in [-0.15, -0.1) is 0 Å². The Labute approximate surface area is 144 Å². The van der Waals surface area contributed by atoms with Crippen LogP contribution in [0.4, 0.5) is 0 Å². The molecule has 0 unspecified atom stereocenters. The third kappa shape index (κ3) is 4.80. The van der Waals surface area contributed by atoms with Gasteiger partial charge in [0, 0.05) is 19.6 Å². The van der Waals surface area contributed by atoms with Crippen molar-refractivity contribution in [2.24, 2.45) is 5.92 Å². The first-order valence-corrected chi connectivity index (χ1v) is 8.83. The van der Waals surface area contributed by atoms with Crippen molar-refractivity contribution < 1.29 is 0 Å². The van der Waals surface area contributed by atoms with Crippen molar-refractivity contribution in [1.82, 2.24) is 10.2 Å². The summed E-state index contributed by atoms with van der Waals surface area (Å²) in [7, 11) is 0. The molecular weight excluding hydrogens is 300 g/mol. The molecule has 1 aliphatic heterocycles. The molecule has 0 atom stereocenters. The molecule has 23 heavy (non-hydrogen) atoms. The van der Waals surface area contributed by atoms with Gasteiger partial charge in [-0.2, -0.15) is 0 Å². The number of rotatable bonds is 4.